The first-order valence-electron chi connectivity index (χ1n) is 25.8. The first-order chi connectivity index (χ1) is 36.7. The molecule has 15 nitrogen and oxygen atoms in total. The Morgan fingerprint density at radius 2 is 1.47 bits per heavy atom. The number of carbonyl (C=O) groups excluding carboxylic acids is 2. The predicted octanol–water partition coefficient (Wildman–Crippen LogP) is 9.76. The standard InChI is InChI=1S/C60H72N4O11S/c1-12-23-70-54-37(5)55(71-24-13-2)57(72-25-14-3)51-43(54)30-47-52-50-38(28-36(4)53(68-11)56(50)74-35-69-27-26-67-10)29-46(63(52)9)48(31-61)64(47)49(51)32-73-58(65)45(62-59(66)75-60(6,7)8)34-76-33-44-41-21-17-15-19-39(41)40-20-16-18-22-42(40)44/h12-22,28,44-49,52H,1-3,23-27,29-30,32-35H2,4-11H3,(H,62,66)/t45-,46-,47+,48+,49+,52+/m1/s1. The zero-order valence-corrected chi connectivity index (χ0v) is 45.9. The number of esters is 1. The lowest BCUT2D eigenvalue weighted by Gasteiger charge is -2.60. The molecule has 1 aliphatic carbocycles. The van der Waals surface area contributed by atoms with E-state index in [1.54, 1.807) is 65.0 Å². The van der Waals surface area contributed by atoms with E-state index in [2.05, 4.69) is 71.3 Å². The van der Waals surface area contributed by atoms with Crippen LogP contribution in [0.15, 0.2) is 92.6 Å². The lowest BCUT2D eigenvalue weighted by molar-refractivity contribution is -0.151. The number of piperazine rings is 1. The second-order valence-corrected chi connectivity index (χ2v) is 21.5. The molecule has 2 bridgehead atoms. The van der Waals surface area contributed by atoms with Crippen LogP contribution in [0.5, 0.6) is 28.7 Å². The molecule has 1 N–H and O–H groups in total. The Hall–Kier alpha value is -6.48. The van der Waals surface area contributed by atoms with Crippen molar-refractivity contribution in [3.8, 4) is 45.9 Å². The minimum atomic E-state index is -1.12. The number of benzene rings is 4. The Balaban J connectivity index is 1.23. The maximum Gasteiger partial charge on any atom is 0.408 e. The number of ether oxygens (including phenoxy) is 9. The number of likely N-dealkylation sites (N-methyl/N-ethyl adjacent to an activating group) is 1. The molecule has 0 unspecified atom stereocenters. The van der Waals surface area contributed by atoms with Gasteiger partial charge in [-0.3, -0.25) is 9.80 Å². The van der Waals surface area contributed by atoms with Gasteiger partial charge in [-0.25, -0.2) is 9.59 Å². The number of nitrogens with zero attached hydrogens (tertiary/aromatic N) is 3. The van der Waals surface area contributed by atoms with Crippen LogP contribution in [-0.2, 0) is 36.6 Å². The quantitative estimate of drug-likeness (QED) is 0.0306. The Labute approximate surface area is 452 Å². The fourth-order valence-corrected chi connectivity index (χ4v) is 12.7. The number of fused-ring (bicyclic) bond motifs is 10. The zero-order chi connectivity index (χ0) is 54.3. The number of nitriles is 1. The Kier molecular flexibility index (Phi) is 18.1. The van der Waals surface area contributed by atoms with Crippen molar-refractivity contribution in [1.29, 1.82) is 5.26 Å². The molecule has 4 aromatic carbocycles. The lowest BCUT2D eigenvalue weighted by atomic mass is 9.71. The third-order valence-electron chi connectivity index (χ3n) is 14.5. The molecule has 3 aliphatic heterocycles. The molecular weight excluding hydrogens is 985 g/mol. The summed E-state index contributed by atoms with van der Waals surface area (Å²) in [4.78, 5) is 33.1. The number of aryl methyl sites for hydroxylation is 1. The number of nitrogens with one attached hydrogen (secondary N) is 1. The summed E-state index contributed by atoms with van der Waals surface area (Å²) in [5.41, 5.74) is 8.94. The van der Waals surface area contributed by atoms with Gasteiger partial charge in [0.1, 0.15) is 49.9 Å². The third kappa shape index (κ3) is 11.3. The van der Waals surface area contributed by atoms with Gasteiger partial charge in [-0.15, -0.1) is 0 Å². The van der Waals surface area contributed by atoms with Crippen LogP contribution in [0.2, 0.25) is 0 Å². The Morgan fingerprint density at radius 3 is 2.09 bits per heavy atom. The molecule has 16 heteroatoms. The average Bonchev–Trinajstić information content (AvgIpc) is 3.83. The number of hydrogen-bond acceptors (Lipinski definition) is 15. The van der Waals surface area contributed by atoms with Crippen molar-refractivity contribution in [2.24, 2.45) is 0 Å². The van der Waals surface area contributed by atoms with Crippen LogP contribution >= 0.6 is 11.8 Å². The van der Waals surface area contributed by atoms with Crippen LogP contribution in [0.25, 0.3) is 11.1 Å². The van der Waals surface area contributed by atoms with E-state index >= 15 is 4.79 Å². The molecule has 3 heterocycles. The largest absolute Gasteiger partial charge is 0.493 e. The number of alkyl carbamates (subject to hydrolysis) is 1. The van der Waals surface area contributed by atoms with E-state index in [9.17, 15) is 10.1 Å². The van der Waals surface area contributed by atoms with Gasteiger partial charge in [0, 0.05) is 58.9 Å². The Morgan fingerprint density at radius 1 is 0.842 bits per heavy atom. The maximum absolute atomic E-state index is 15.0. The first-order valence-corrected chi connectivity index (χ1v) is 27.0. The van der Waals surface area contributed by atoms with Crippen LogP contribution in [0.3, 0.4) is 0 Å². The fraction of sp³-hybridized carbons (Fsp3) is 0.450. The summed E-state index contributed by atoms with van der Waals surface area (Å²) in [6, 6.07) is 17.8. The van der Waals surface area contributed by atoms with Gasteiger partial charge in [0.25, 0.3) is 0 Å². The summed E-state index contributed by atoms with van der Waals surface area (Å²) in [5.74, 6) is 2.74. The summed E-state index contributed by atoms with van der Waals surface area (Å²) in [7, 11) is 5.29. The van der Waals surface area contributed by atoms with Crippen molar-refractivity contribution in [1.82, 2.24) is 15.1 Å². The molecule has 4 aliphatic rings. The van der Waals surface area contributed by atoms with Gasteiger partial charge in [-0.1, -0.05) is 92.6 Å². The van der Waals surface area contributed by atoms with Gasteiger partial charge in [0.05, 0.1) is 38.5 Å². The van der Waals surface area contributed by atoms with Crippen molar-refractivity contribution >= 4 is 23.8 Å². The summed E-state index contributed by atoms with van der Waals surface area (Å²) >= 11 is 1.55. The molecule has 6 atom stereocenters. The highest BCUT2D eigenvalue weighted by Gasteiger charge is 2.57. The van der Waals surface area contributed by atoms with Crippen LogP contribution in [0.4, 0.5) is 4.79 Å². The minimum Gasteiger partial charge on any atom is -0.493 e. The topological polar surface area (TPSA) is 160 Å². The highest BCUT2D eigenvalue weighted by atomic mass is 32.2. The van der Waals surface area contributed by atoms with Gasteiger partial charge in [-0.2, -0.15) is 17.0 Å². The fourth-order valence-electron chi connectivity index (χ4n) is 11.5. The van der Waals surface area contributed by atoms with Crippen LogP contribution in [0.1, 0.15) is 83.3 Å². The molecule has 0 radical (unpaired) electrons. The number of amides is 1. The molecule has 1 fully saturated rings. The summed E-state index contributed by atoms with van der Waals surface area (Å²) in [5, 5.41) is 14.4. The summed E-state index contributed by atoms with van der Waals surface area (Å²) in [6.07, 6.45) is 5.10. The first kappa shape index (κ1) is 55.7. The average molecular weight is 1060 g/mol. The number of rotatable bonds is 24. The van der Waals surface area contributed by atoms with Gasteiger partial charge < -0.3 is 47.9 Å². The molecule has 0 spiro atoms. The molecule has 404 valence electrons. The summed E-state index contributed by atoms with van der Waals surface area (Å²) in [6.45, 7) is 21.9. The highest BCUT2D eigenvalue weighted by Crippen LogP contribution is 2.58. The van der Waals surface area contributed by atoms with Gasteiger partial charge in [0.15, 0.2) is 29.8 Å². The maximum atomic E-state index is 15.0. The van der Waals surface area contributed by atoms with Crippen molar-refractivity contribution < 1.29 is 52.2 Å². The predicted molar refractivity (Wildman–Crippen MR) is 294 cm³/mol. The molecule has 4 aromatic rings. The van der Waals surface area contributed by atoms with E-state index in [-0.39, 0.29) is 57.0 Å². The van der Waals surface area contributed by atoms with Gasteiger partial charge >= 0.3 is 12.1 Å². The SMILES string of the molecule is C=CCOc1c(C)c(OCC=C)c(OCC=C)c2c1C[C@H]1[C@H]3c4c(cc(C)c(OC)c4OCOCCOC)C[C@H]([C@H](C#N)N1[C@H]2COC(=O)[C@@H](CSCC1c2ccccc2-c2ccccc21)NC(=O)OC(C)(C)C)N3C. The van der Waals surface area contributed by atoms with Crippen molar-refractivity contribution in [3.63, 3.8) is 0 Å². The monoisotopic (exact) mass is 1060 g/mol. The third-order valence-corrected chi connectivity index (χ3v) is 15.6. The van der Waals surface area contributed by atoms with Crippen LogP contribution < -0.4 is 29.0 Å². The number of methoxy groups -OCH3 is 2. The minimum absolute atomic E-state index is 0.0552. The molecule has 0 saturated carbocycles. The van der Waals surface area contributed by atoms with E-state index < -0.39 is 41.8 Å². The molecule has 76 heavy (non-hydrogen) atoms. The second-order valence-electron chi connectivity index (χ2n) is 20.4. The number of hydrogen-bond donors (Lipinski definition) is 1. The van der Waals surface area contributed by atoms with E-state index in [1.807, 2.05) is 45.2 Å². The molecule has 1 saturated heterocycles. The number of thioether (sulfide) groups is 1. The summed E-state index contributed by atoms with van der Waals surface area (Å²) < 4.78 is 55.9. The normalized spacial score (nSPS) is 19.8. The Bertz CT molecular complexity index is 2800. The van der Waals surface area contributed by atoms with Crippen LogP contribution in [0, 0.1) is 25.2 Å². The lowest BCUT2D eigenvalue weighted by Crippen LogP contribution is -2.68. The van der Waals surface area contributed by atoms with Crippen LogP contribution in [-0.4, -0.2) is 131 Å². The second kappa shape index (κ2) is 24.7. The van der Waals surface area contributed by atoms with Crippen molar-refractivity contribution in [2.75, 3.05) is 79.2 Å². The molecule has 1 amide bonds. The van der Waals surface area contributed by atoms with E-state index in [0.29, 0.717) is 71.7 Å². The van der Waals surface area contributed by atoms with Crippen molar-refractivity contribution in [2.45, 2.75) is 95.2 Å². The van der Waals surface area contributed by atoms with E-state index in [1.165, 1.54) is 22.3 Å². The molecule has 8 rings (SSSR count). The van der Waals surface area contributed by atoms with Gasteiger partial charge in [-0.05, 0) is 87.9 Å². The van der Waals surface area contributed by atoms with E-state index in [0.717, 1.165) is 22.3 Å². The highest BCUT2D eigenvalue weighted by molar-refractivity contribution is 7.99. The van der Waals surface area contributed by atoms with Gasteiger partial charge in [0.2, 0.25) is 0 Å². The molecular formula is C60H72N4O11S. The molecule has 0 aromatic heterocycles. The smallest absolute Gasteiger partial charge is 0.408 e. The van der Waals surface area contributed by atoms with Crippen molar-refractivity contribution in [3.05, 3.63) is 137 Å². The van der Waals surface area contributed by atoms with E-state index in [4.69, 9.17) is 42.6 Å². The zero-order valence-electron chi connectivity index (χ0n) is 45.1. The number of carbonyl (C=O) groups is 2.